The summed E-state index contributed by atoms with van der Waals surface area (Å²) in [6.45, 7) is 1.44. The number of aliphatic hydroxyl groups excluding tert-OH is 2. The second-order valence-electron chi connectivity index (χ2n) is 5.96. The molecule has 2 aromatic carbocycles. The third-order valence-electron chi connectivity index (χ3n) is 4.27. The Bertz CT molecular complexity index is 904. The van der Waals surface area contributed by atoms with Crippen molar-refractivity contribution in [2.24, 2.45) is 4.99 Å². The zero-order valence-electron chi connectivity index (χ0n) is 14.3. The third kappa shape index (κ3) is 3.74. The van der Waals surface area contributed by atoms with Crippen molar-refractivity contribution in [2.45, 2.75) is 4.90 Å². The van der Waals surface area contributed by atoms with Crippen molar-refractivity contribution in [1.29, 1.82) is 0 Å². The normalized spacial score (nSPS) is 15.2. The van der Waals surface area contributed by atoms with Gasteiger partial charge < -0.3 is 20.0 Å². The molecular formula is C18H22BrN3O2S. The lowest BCUT2D eigenvalue weighted by atomic mass is 10.2. The van der Waals surface area contributed by atoms with Crippen molar-refractivity contribution < 1.29 is 10.2 Å². The summed E-state index contributed by atoms with van der Waals surface area (Å²) in [4.78, 5) is 10.0. The molecule has 5 nitrogen and oxygen atoms in total. The monoisotopic (exact) mass is 423 g/mol. The van der Waals surface area contributed by atoms with Crippen molar-refractivity contribution in [3.05, 3.63) is 46.3 Å². The molecule has 1 unspecified atom stereocenters. The molecule has 0 fully saturated rings. The Labute approximate surface area is 157 Å². The van der Waals surface area contributed by atoms with Crippen molar-refractivity contribution in [2.75, 3.05) is 50.2 Å². The van der Waals surface area contributed by atoms with Crippen molar-refractivity contribution >= 4 is 40.8 Å². The van der Waals surface area contributed by atoms with Crippen LogP contribution in [0.2, 0.25) is 0 Å². The van der Waals surface area contributed by atoms with Gasteiger partial charge >= 0.3 is 0 Å². The number of anilines is 2. The van der Waals surface area contributed by atoms with Gasteiger partial charge in [0.25, 0.3) is 0 Å². The molecule has 2 aromatic rings. The van der Waals surface area contributed by atoms with Gasteiger partial charge in [-0.25, -0.2) is 4.99 Å². The zero-order chi connectivity index (χ0) is 18.0. The van der Waals surface area contributed by atoms with Crippen LogP contribution in [0.3, 0.4) is 0 Å². The summed E-state index contributed by atoms with van der Waals surface area (Å²) in [5.74, 6) is 0. The number of nitrogens with zero attached hydrogens (tertiary/aromatic N) is 3. The van der Waals surface area contributed by atoms with Crippen LogP contribution in [0.25, 0.3) is 0 Å². The standard InChI is InChI=1S/C18H22BrN3O2S/c1-21(7-9-23)13-3-5-15-17(11-13)25(19)18-12-14(22(2)8-10-24)4-6-16(18)20-15/h3-6,11-12,23-24H,7-10H2,1-2H3. The summed E-state index contributed by atoms with van der Waals surface area (Å²) in [7, 11) is 3.68. The summed E-state index contributed by atoms with van der Waals surface area (Å²) in [5.41, 5.74) is 3.11. The van der Waals surface area contributed by atoms with E-state index in [1.54, 1.807) is 0 Å². The molecule has 0 amide bonds. The van der Waals surface area contributed by atoms with Gasteiger partial charge in [0.05, 0.1) is 24.3 Å². The topological polar surface area (TPSA) is 59.3 Å². The number of fused-ring (bicyclic) bond motifs is 2. The van der Waals surface area contributed by atoms with Crippen LogP contribution in [0, 0.1) is 4.51 Å². The van der Waals surface area contributed by atoms with Crippen LogP contribution in [0.5, 0.6) is 0 Å². The number of halogens is 1. The molecule has 0 radical (unpaired) electrons. The summed E-state index contributed by atoms with van der Waals surface area (Å²) >= 11 is 3.86. The van der Waals surface area contributed by atoms with E-state index in [1.807, 2.05) is 48.2 Å². The van der Waals surface area contributed by atoms with E-state index in [2.05, 4.69) is 26.9 Å². The molecule has 1 heterocycles. The van der Waals surface area contributed by atoms with E-state index >= 15 is 0 Å². The predicted octanol–water partition coefficient (Wildman–Crippen LogP) is 2.70. The van der Waals surface area contributed by atoms with Gasteiger partial charge in [0.1, 0.15) is 0 Å². The van der Waals surface area contributed by atoms with Gasteiger partial charge in [0.15, 0.2) is 0 Å². The lowest BCUT2D eigenvalue weighted by Gasteiger charge is -2.21. The molecule has 3 rings (SSSR count). The third-order valence-corrected chi connectivity index (χ3v) is 7.79. The number of aliphatic hydroxyl groups is 2. The fourth-order valence-corrected chi connectivity index (χ4v) is 5.59. The highest BCUT2D eigenvalue weighted by molar-refractivity contribution is 9.52. The van der Waals surface area contributed by atoms with Crippen molar-refractivity contribution in [1.82, 2.24) is 0 Å². The first kappa shape index (κ1) is 18.4. The fourth-order valence-electron chi connectivity index (χ4n) is 2.76. The van der Waals surface area contributed by atoms with E-state index in [4.69, 9.17) is 15.2 Å². The average Bonchev–Trinajstić information content (AvgIpc) is 2.62. The Hall–Kier alpha value is -1.41. The number of rotatable bonds is 6. The maximum Gasteiger partial charge on any atom is 0.0778 e. The fraction of sp³-hybridized carbons (Fsp3) is 0.333. The molecular weight excluding hydrogens is 402 g/mol. The van der Waals surface area contributed by atoms with E-state index in [1.165, 1.54) is 0 Å². The Kier molecular flexibility index (Phi) is 5.78. The van der Waals surface area contributed by atoms with Gasteiger partial charge in [-0.1, -0.05) is 8.92 Å². The Morgan fingerprint density at radius 3 is 2.20 bits per heavy atom. The molecule has 0 aromatic heterocycles. The first-order valence-electron chi connectivity index (χ1n) is 8.09. The predicted molar refractivity (Wildman–Crippen MR) is 108 cm³/mol. The van der Waals surface area contributed by atoms with Crippen LogP contribution < -0.4 is 15.2 Å². The van der Waals surface area contributed by atoms with Crippen LogP contribution >= 0.6 is 23.7 Å². The molecule has 0 saturated carbocycles. The first-order valence-corrected chi connectivity index (χ1v) is 11.2. The van der Waals surface area contributed by atoms with Gasteiger partial charge in [-0.15, -0.1) is 0 Å². The number of hydrogen-bond acceptors (Lipinski definition) is 5. The summed E-state index contributed by atoms with van der Waals surface area (Å²) in [6, 6.07) is 12.4. The lowest BCUT2D eigenvalue weighted by molar-refractivity contribution is 0.304. The maximum atomic E-state index is 9.15. The Balaban J connectivity index is 2.08. The molecule has 0 bridgehead atoms. The lowest BCUT2D eigenvalue weighted by Crippen LogP contribution is -2.22. The SMILES string of the molecule is CN(CCO)c1ccc2c(c1)S(Br)=c1cc(N(C)CCO)ccc1=N2. The average molecular weight is 424 g/mol. The Morgan fingerprint density at radius 2 is 1.56 bits per heavy atom. The van der Waals surface area contributed by atoms with Gasteiger partial charge in [-0.3, -0.25) is 0 Å². The van der Waals surface area contributed by atoms with Crippen LogP contribution in [0.4, 0.5) is 17.1 Å². The smallest absolute Gasteiger partial charge is 0.0778 e. The molecule has 0 saturated heterocycles. The molecule has 0 spiro atoms. The minimum absolute atomic E-state index is 0.126. The van der Waals surface area contributed by atoms with Crippen molar-refractivity contribution in [3.63, 3.8) is 0 Å². The Morgan fingerprint density at radius 1 is 0.960 bits per heavy atom. The largest absolute Gasteiger partial charge is 0.395 e. The molecule has 2 N–H and O–H groups in total. The number of benzene rings is 2. The van der Waals surface area contributed by atoms with Crippen LogP contribution in [0.1, 0.15) is 0 Å². The first-order chi connectivity index (χ1) is 12.0. The summed E-state index contributed by atoms with van der Waals surface area (Å²) < 4.78 is 1.15. The molecule has 7 heteroatoms. The molecule has 134 valence electrons. The summed E-state index contributed by atoms with van der Waals surface area (Å²) in [5, 5.41) is 19.3. The van der Waals surface area contributed by atoms with Crippen LogP contribution in [-0.4, -0.2) is 50.6 Å². The van der Waals surface area contributed by atoms with E-state index in [0.717, 1.165) is 31.8 Å². The van der Waals surface area contributed by atoms with Gasteiger partial charge in [-0.2, -0.15) is 0 Å². The molecule has 1 aliphatic rings. The zero-order valence-corrected chi connectivity index (χ0v) is 16.7. The maximum absolute atomic E-state index is 9.15. The minimum Gasteiger partial charge on any atom is -0.395 e. The van der Waals surface area contributed by atoms with E-state index in [0.29, 0.717) is 13.1 Å². The molecule has 1 aliphatic heterocycles. The van der Waals surface area contributed by atoms with Gasteiger partial charge in [0.2, 0.25) is 0 Å². The minimum atomic E-state index is -0.261. The second kappa shape index (κ2) is 7.86. The summed E-state index contributed by atoms with van der Waals surface area (Å²) in [6.07, 6.45) is 0. The van der Waals surface area contributed by atoms with E-state index in [9.17, 15) is 0 Å². The number of likely N-dealkylation sites (N-methyl/N-ethyl adjacent to an activating group) is 2. The van der Waals surface area contributed by atoms with Crippen molar-refractivity contribution in [3.8, 4) is 0 Å². The van der Waals surface area contributed by atoms with E-state index < -0.39 is 0 Å². The highest BCUT2D eigenvalue weighted by Gasteiger charge is 2.14. The molecule has 25 heavy (non-hydrogen) atoms. The highest BCUT2D eigenvalue weighted by atomic mass is 79.9. The van der Waals surface area contributed by atoms with Crippen LogP contribution in [-0.2, 0) is 0 Å². The number of hydrogen-bond donors (Lipinski definition) is 2. The van der Waals surface area contributed by atoms with Gasteiger partial charge in [0, 0.05) is 48.0 Å². The molecule has 1 atom stereocenters. The van der Waals surface area contributed by atoms with Crippen LogP contribution in [0.15, 0.2) is 46.3 Å². The highest BCUT2D eigenvalue weighted by Crippen LogP contribution is 2.45. The quantitative estimate of drug-likeness (QED) is 0.701. The molecule has 0 aliphatic carbocycles. The van der Waals surface area contributed by atoms with E-state index in [-0.39, 0.29) is 22.1 Å². The van der Waals surface area contributed by atoms with Gasteiger partial charge in [-0.05, 0) is 51.2 Å². The second-order valence-corrected chi connectivity index (χ2v) is 9.30.